The average Bonchev–Trinajstić information content (AvgIpc) is 2.63. The van der Waals surface area contributed by atoms with E-state index in [0.717, 1.165) is 25.1 Å². The quantitative estimate of drug-likeness (QED) is 0.916. The van der Waals surface area contributed by atoms with Crippen molar-refractivity contribution in [1.82, 2.24) is 10.2 Å². The number of rotatable bonds is 5. The van der Waals surface area contributed by atoms with Crippen molar-refractivity contribution in [2.75, 3.05) is 19.6 Å². The van der Waals surface area contributed by atoms with Crippen LogP contribution in [0.4, 0.5) is 4.39 Å². The first-order valence-electron chi connectivity index (χ1n) is 8.18. The molecule has 0 spiro atoms. The maximum atomic E-state index is 12.8. The number of nitrogens with one attached hydrogen (secondary N) is 1. The zero-order chi connectivity index (χ0) is 16.8. The van der Waals surface area contributed by atoms with Crippen LogP contribution in [0.3, 0.4) is 0 Å². The standard InChI is InChI=1S/C20H21FN2O/c21-19-8-6-16(7-9-19)14-22-20(24)15-23-12-10-18(11-13-23)17-4-2-1-3-5-17/h1-10H,11-15H2,(H,22,24). The minimum atomic E-state index is -0.264. The van der Waals surface area contributed by atoms with E-state index < -0.39 is 0 Å². The van der Waals surface area contributed by atoms with Gasteiger partial charge in [-0.05, 0) is 35.3 Å². The van der Waals surface area contributed by atoms with E-state index in [-0.39, 0.29) is 11.7 Å². The van der Waals surface area contributed by atoms with Crippen molar-refractivity contribution in [1.29, 1.82) is 0 Å². The first-order valence-corrected chi connectivity index (χ1v) is 8.18. The van der Waals surface area contributed by atoms with E-state index in [1.807, 2.05) is 18.2 Å². The molecule has 0 bridgehead atoms. The van der Waals surface area contributed by atoms with E-state index in [1.54, 1.807) is 12.1 Å². The van der Waals surface area contributed by atoms with Crippen LogP contribution in [-0.4, -0.2) is 30.4 Å². The monoisotopic (exact) mass is 324 g/mol. The van der Waals surface area contributed by atoms with Gasteiger partial charge in [0.15, 0.2) is 0 Å². The summed E-state index contributed by atoms with van der Waals surface area (Å²) >= 11 is 0. The molecule has 0 saturated carbocycles. The second-order valence-corrected chi connectivity index (χ2v) is 5.98. The van der Waals surface area contributed by atoms with Crippen molar-refractivity contribution in [3.8, 4) is 0 Å². The molecule has 1 aliphatic heterocycles. The molecule has 0 aromatic heterocycles. The van der Waals surface area contributed by atoms with Crippen molar-refractivity contribution < 1.29 is 9.18 Å². The van der Waals surface area contributed by atoms with Crippen LogP contribution in [0.15, 0.2) is 60.7 Å². The second-order valence-electron chi connectivity index (χ2n) is 5.98. The summed E-state index contributed by atoms with van der Waals surface area (Å²) < 4.78 is 12.8. The molecule has 4 heteroatoms. The first-order chi connectivity index (χ1) is 11.7. The largest absolute Gasteiger partial charge is 0.351 e. The Hall–Kier alpha value is -2.46. The van der Waals surface area contributed by atoms with Crippen LogP contribution >= 0.6 is 0 Å². The van der Waals surface area contributed by atoms with Gasteiger partial charge in [-0.25, -0.2) is 4.39 Å². The van der Waals surface area contributed by atoms with Crippen molar-refractivity contribution in [3.05, 3.63) is 77.6 Å². The van der Waals surface area contributed by atoms with Crippen LogP contribution in [0.2, 0.25) is 0 Å². The van der Waals surface area contributed by atoms with Gasteiger partial charge < -0.3 is 5.32 Å². The lowest BCUT2D eigenvalue weighted by Gasteiger charge is -2.25. The van der Waals surface area contributed by atoms with Crippen LogP contribution in [0.1, 0.15) is 17.5 Å². The second kappa shape index (κ2) is 7.88. The SMILES string of the molecule is O=C(CN1CC=C(c2ccccc2)CC1)NCc1ccc(F)cc1. The number of benzene rings is 2. The molecule has 0 atom stereocenters. The molecule has 2 aromatic rings. The van der Waals surface area contributed by atoms with E-state index in [1.165, 1.54) is 23.3 Å². The number of carbonyl (C=O) groups is 1. The van der Waals surface area contributed by atoms with Crippen molar-refractivity contribution in [2.45, 2.75) is 13.0 Å². The summed E-state index contributed by atoms with van der Waals surface area (Å²) in [6.07, 6.45) is 3.15. The molecule has 0 unspecified atom stereocenters. The van der Waals surface area contributed by atoms with Crippen molar-refractivity contribution in [3.63, 3.8) is 0 Å². The van der Waals surface area contributed by atoms with Gasteiger partial charge in [0.25, 0.3) is 0 Å². The molecule has 1 N–H and O–H groups in total. The summed E-state index contributed by atoms with van der Waals surface area (Å²) in [5.74, 6) is -0.268. The zero-order valence-electron chi connectivity index (χ0n) is 13.5. The van der Waals surface area contributed by atoms with Crippen molar-refractivity contribution >= 4 is 11.5 Å². The van der Waals surface area contributed by atoms with E-state index in [2.05, 4.69) is 28.4 Å². The van der Waals surface area contributed by atoms with Gasteiger partial charge in [-0.1, -0.05) is 48.5 Å². The summed E-state index contributed by atoms with van der Waals surface area (Å²) in [5, 5.41) is 2.88. The molecular weight excluding hydrogens is 303 g/mol. The van der Waals surface area contributed by atoms with Gasteiger partial charge in [0, 0.05) is 19.6 Å². The Bertz CT molecular complexity index is 710. The predicted molar refractivity (Wildman–Crippen MR) is 93.7 cm³/mol. The zero-order valence-corrected chi connectivity index (χ0v) is 13.5. The summed E-state index contributed by atoms with van der Waals surface area (Å²) in [4.78, 5) is 14.2. The normalized spacial score (nSPS) is 15.0. The van der Waals surface area contributed by atoms with Gasteiger partial charge in [0.1, 0.15) is 5.82 Å². The predicted octanol–water partition coefficient (Wildman–Crippen LogP) is 3.23. The molecule has 1 aliphatic rings. The number of nitrogens with zero attached hydrogens (tertiary/aromatic N) is 1. The third kappa shape index (κ3) is 4.52. The van der Waals surface area contributed by atoms with Crippen LogP contribution in [-0.2, 0) is 11.3 Å². The molecule has 3 rings (SSSR count). The van der Waals surface area contributed by atoms with Gasteiger partial charge >= 0.3 is 0 Å². The molecule has 0 saturated heterocycles. The maximum absolute atomic E-state index is 12.8. The maximum Gasteiger partial charge on any atom is 0.234 e. The molecule has 3 nitrogen and oxygen atoms in total. The lowest BCUT2D eigenvalue weighted by molar-refractivity contribution is -0.122. The molecule has 0 radical (unpaired) electrons. The third-order valence-electron chi connectivity index (χ3n) is 4.21. The Labute approximate surface area is 141 Å². The molecule has 2 aromatic carbocycles. The Morgan fingerprint density at radius 3 is 2.50 bits per heavy atom. The highest BCUT2D eigenvalue weighted by molar-refractivity contribution is 5.78. The minimum absolute atomic E-state index is 0.00381. The first kappa shape index (κ1) is 16.4. The lowest BCUT2D eigenvalue weighted by Crippen LogP contribution is -2.39. The Morgan fingerprint density at radius 1 is 1.08 bits per heavy atom. The summed E-state index contributed by atoms with van der Waals surface area (Å²) in [7, 11) is 0. The molecule has 0 aliphatic carbocycles. The van der Waals surface area contributed by atoms with E-state index in [0.29, 0.717) is 13.1 Å². The smallest absolute Gasteiger partial charge is 0.234 e. The van der Waals surface area contributed by atoms with Crippen LogP contribution in [0, 0.1) is 5.82 Å². The number of hydrogen-bond acceptors (Lipinski definition) is 2. The van der Waals surface area contributed by atoms with Crippen molar-refractivity contribution in [2.24, 2.45) is 0 Å². The van der Waals surface area contributed by atoms with Gasteiger partial charge in [0.2, 0.25) is 5.91 Å². The van der Waals surface area contributed by atoms with Crippen LogP contribution < -0.4 is 5.32 Å². The topological polar surface area (TPSA) is 32.3 Å². The molecular formula is C20H21FN2O. The van der Waals surface area contributed by atoms with Crippen LogP contribution in [0.25, 0.3) is 5.57 Å². The van der Waals surface area contributed by atoms with E-state index >= 15 is 0 Å². The van der Waals surface area contributed by atoms with Gasteiger partial charge in [-0.15, -0.1) is 0 Å². The molecule has 1 amide bonds. The fourth-order valence-electron chi connectivity index (χ4n) is 2.83. The average molecular weight is 324 g/mol. The summed E-state index contributed by atoms with van der Waals surface area (Å²) in [6, 6.07) is 16.5. The Kier molecular flexibility index (Phi) is 5.39. The van der Waals surface area contributed by atoms with Gasteiger partial charge in [-0.2, -0.15) is 0 Å². The molecule has 0 fully saturated rings. The van der Waals surface area contributed by atoms with Gasteiger partial charge in [0.05, 0.1) is 6.54 Å². The summed E-state index contributed by atoms with van der Waals surface area (Å²) in [5.41, 5.74) is 3.51. The highest BCUT2D eigenvalue weighted by Crippen LogP contribution is 2.21. The summed E-state index contributed by atoms with van der Waals surface area (Å²) in [6.45, 7) is 2.48. The Balaban J connectivity index is 1.46. The third-order valence-corrected chi connectivity index (χ3v) is 4.21. The van der Waals surface area contributed by atoms with E-state index in [9.17, 15) is 9.18 Å². The van der Waals surface area contributed by atoms with Gasteiger partial charge in [-0.3, -0.25) is 9.69 Å². The fourth-order valence-corrected chi connectivity index (χ4v) is 2.83. The Morgan fingerprint density at radius 2 is 1.83 bits per heavy atom. The number of halogens is 1. The number of hydrogen-bond donors (Lipinski definition) is 1. The number of carbonyl (C=O) groups excluding carboxylic acids is 1. The fraction of sp³-hybridized carbons (Fsp3) is 0.250. The highest BCUT2D eigenvalue weighted by atomic mass is 19.1. The minimum Gasteiger partial charge on any atom is -0.351 e. The lowest BCUT2D eigenvalue weighted by atomic mass is 10.00. The number of amides is 1. The molecule has 124 valence electrons. The van der Waals surface area contributed by atoms with E-state index in [4.69, 9.17) is 0 Å². The highest BCUT2D eigenvalue weighted by Gasteiger charge is 2.15. The molecule has 24 heavy (non-hydrogen) atoms. The van der Waals surface area contributed by atoms with Crippen LogP contribution in [0.5, 0.6) is 0 Å². The molecule has 1 heterocycles.